The molecule has 0 fully saturated rings. The number of hydrazone groups is 1. The number of nitrogens with two attached hydrogens (primary N) is 1. The summed E-state index contributed by atoms with van der Waals surface area (Å²) in [5.74, 6) is -0.943. The van der Waals surface area contributed by atoms with Crippen molar-refractivity contribution >= 4 is 23.2 Å². The van der Waals surface area contributed by atoms with Gasteiger partial charge in [-0.1, -0.05) is 12.1 Å². The average Bonchev–Trinajstić information content (AvgIpc) is 2.40. The number of aryl methyl sites for hydroxylation is 1. The number of nitrogens with zero attached hydrogens (tertiary/aromatic N) is 2. The third kappa shape index (κ3) is 3.55. The zero-order chi connectivity index (χ0) is 15.1. The van der Waals surface area contributed by atoms with Gasteiger partial charge in [0.25, 0.3) is 0 Å². The lowest BCUT2D eigenvalue weighted by molar-refractivity contribution is 0.0527. The molecule has 0 aromatic heterocycles. The van der Waals surface area contributed by atoms with Gasteiger partial charge in [-0.05, 0) is 25.5 Å². The molecule has 0 aliphatic rings. The molecule has 0 atom stereocenters. The van der Waals surface area contributed by atoms with Crippen LogP contribution in [-0.2, 0) is 4.74 Å². The number of ether oxygens (including phenoxy) is 1. The first-order valence-electron chi connectivity index (χ1n) is 5.86. The highest BCUT2D eigenvalue weighted by Gasteiger charge is 2.14. The molecule has 1 rings (SSSR count). The van der Waals surface area contributed by atoms with E-state index in [1.165, 1.54) is 0 Å². The van der Waals surface area contributed by atoms with Gasteiger partial charge in [-0.2, -0.15) is 10.4 Å². The Bertz CT molecular complexity index is 601. The molecule has 0 heterocycles. The highest BCUT2D eigenvalue weighted by Crippen LogP contribution is 2.21. The minimum Gasteiger partial charge on any atom is -0.462 e. The van der Waals surface area contributed by atoms with Crippen LogP contribution in [0.4, 0.5) is 5.69 Å². The van der Waals surface area contributed by atoms with Crippen molar-refractivity contribution < 1.29 is 9.53 Å². The fourth-order valence-electron chi connectivity index (χ4n) is 1.45. The molecular formula is C13H15N5O2. The number of anilines is 1. The van der Waals surface area contributed by atoms with Crippen molar-refractivity contribution in [1.29, 1.82) is 10.7 Å². The average molecular weight is 273 g/mol. The summed E-state index contributed by atoms with van der Waals surface area (Å²) in [4.78, 5) is 11.8. The first-order chi connectivity index (χ1) is 9.51. The Labute approximate surface area is 116 Å². The minimum atomic E-state index is -0.491. The molecule has 7 nitrogen and oxygen atoms in total. The monoisotopic (exact) mass is 273 g/mol. The van der Waals surface area contributed by atoms with E-state index in [-0.39, 0.29) is 12.3 Å². The Balaban J connectivity index is 3.15. The van der Waals surface area contributed by atoms with Gasteiger partial charge in [0, 0.05) is 0 Å². The summed E-state index contributed by atoms with van der Waals surface area (Å²) >= 11 is 0. The van der Waals surface area contributed by atoms with Gasteiger partial charge in [-0.15, -0.1) is 0 Å². The second kappa shape index (κ2) is 6.89. The van der Waals surface area contributed by atoms with E-state index < -0.39 is 11.8 Å². The number of para-hydroxylation sites is 1. The summed E-state index contributed by atoms with van der Waals surface area (Å²) in [6, 6.07) is 6.77. The van der Waals surface area contributed by atoms with Gasteiger partial charge in [-0.3, -0.25) is 10.8 Å². The van der Waals surface area contributed by atoms with Crippen LogP contribution in [0.5, 0.6) is 0 Å². The zero-order valence-corrected chi connectivity index (χ0v) is 11.2. The van der Waals surface area contributed by atoms with Crippen molar-refractivity contribution in [2.75, 3.05) is 12.0 Å². The summed E-state index contributed by atoms with van der Waals surface area (Å²) in [6.07, 6.45) is 0. The molecular weight excluding hydrogens is 258 g/mol. The van der Waals surface area contributed by atoms with Crippen molar-refractivity contribution in [1.82, 2.24) is 0 Å². The number of carbonyl (C=O) groups is 1. The number of nitrogens with one attached hydrogen (secondary N) is 2. The second-order valence-electron chi connectivity index (χ2n) is 3.82. The van der Waals surface area contributed by atoms with E-state index >= 15 is 0 Å². The van der Waals surface area contributed by atoms with E-state index in [0.29, 0.717) is 11.3 Å². The third-order valence-corrected chi connectivity index (χ3v) is 2.41. The predicted molar refractivity (Wildman–Crippen MR) is 75.7 cm³/mol. The number of hydrogen-bond donors (Lipinski definition) is 3. The summed E-state index contributed by atoms with van der Waals surface area (Å²) in [5, 5.41) is 19.7. The molecule has 0 saturated carbocycles. The molecule has 0 amide bonds. The van der Waals surface area contributed by atoms with Gasteiger partial charge in [0.2, 0.25) is 5.71 Å². The number of carbonyl (C=O) groups excluding carboxylic acids is 1. The SMILES string of the molecule is CCOC(=O)c1cccc(C)c1N/N=C(\C#N)C(=N)N. The number of esters is 1. The quantitative estimate of drug-likeness (QED) is 0.323. The predicted octanol–water partition coefficient (Wildman–Crippen LogP) is 1.40. The first kappa shape index (κ1) is 15.2. The van der Waals surface area contributed by atoms with Crippen molar-refractivity contribution in [3.63, 3.8) is 0 Å². The molecule has 0 radical (unpaired) electrons. The van der Waals surface area contributed by atoms with Crippen molar-refractivity contribution in [2.24, 2.45) is 10.8 Å². The highest BCUT2D eigenvalue weighted by atomic mass is 16.5. The smallest absolute Gasteiger partial charge is 0.340 e. The van der Waals surface area contributed by atoms with E-state index in [1.54, 1.807) is 38.1 Å². The summed E-state index contributed by atoms with van der Waals surface area (Å²) < 4.78 is 4.94. The highest BCUT2D eigenvalue weighted by molar-refractivity contribution is 6.45. The number of rotatable bonds is 5. The largest absolute Gasteiger partial charge is 0.462 e. The second-order valence-corrected chi connectivity index (χ2v) is 3.82. The third-order valence-electron chi connectivity index (χ3n) is 2.41. The summed E-state index contributed by atoms with van der Waals surface area (Å²) in [5.41, 5.74) is 9.00. The molecule has 0 spiro atoms. The van der Waals surface area contributed by atoms with Crippen LogP contribution in [0.2, 0.25) is 0 Å². The Kier molecular flexibility index (Phi) is 5.23. The van der Waals surface area contributed by atoms with E-state index in [0.717, 1.165) is 5.56 Å². The van der Waals surface area contributed by atoms with Gasteiger partial charge in [-0.25, -0.2) is 4.79 Å². The molecule has 1 aromatic rings. The Morgan fingerprint density at radius 1 is 1.60 bits per heavy atom. The van der Waals surface area contributed by atoms with E-state index in [9.17, 15) is 4.79 Å². The van der Waals surface area contributed by atoms with E-state index in [4.69, 9.17) is 21.1 Å². The van der Waals surface area contributed by atoms with Crippen molar-refractivity contribution in [2.45, 2.75) is 13.8 Å². The molecule has 0 unspecified atom stereocenters. The Morgan fingerprint density at radius 2 is 2.30 bits per heavy atom. The van der Waals surface area contributed by atoms with Crippen LogP contribution in [0.1, 0.15) is 22.8 Å². The van der Waals surface area contributed by atoms with Crippen LogP contribution in [0.25, 0.3) is 0 Å². The van der Waals surface area contributed by atoms with Gasteiger partial charge in [0.15, 0.2) is 5.84 Å². The fraction of sp³-hybridized carbons (Fsp3) is 0.231. The number of hydrogen-bond acceptors (Lipinski definition) is 6. The molecule has 0 bridgehead atoms. The van der Waals surface area contributed by atoms with Crippen LogP contribution in [-0.4, -0.2) is 24.1 Å². The molecule has 1 aromatic carbocycles. The van der Waals surface area contributed by atoms with E-state index in [2.05, 4.69) is 10.5 Å². The molecule has 0 aliphatic carbocycles. The van der Waals surface area contributed by atoms with Crippen LogP contribution in [0.15, 0.2) is 23.3 Å². The maximum absolute atomic E-state index is 11.8. The molecule has 4 N–H and O–H groups in total. The van der Waals surface area contributed by atoms with Crippen LogP contribution >= 0.6 is 0 Å². The maximum atomic E-state index is 11.8. The molecule has 7 heteroatoms. The van der Waals surface area contributed by atoms with E-state index in [1.807, 2.05) is 0 Å². The lowest BCUT2D eigenvalue weighted by Gasteiger charge is -2.11. The molecule has 0 aliphatic heterocycles. The lowest BCUT2D eigenvalue weighted by Crippen LogP contribution is -2.22. The number of amidine groups is 1. The molecule has 20 heavy (non-hydrogen) atoms. The van der Waals surface area contributed by atoms with Gasteiger partial charge >= 0.3 is 5.97 Å². The van der Waals surface area contributed by atoms with Gasteiger partial charge in [0.05, 0.1) is 17.9 Å². The Morgan fingerprint density at radius 3 is 2.85 bits per heavy atom. The number of nitriles is 1. The zero-order valence-electron chi connectivity index (χ0n) is 11.2. The van der Waals surface area contributed by atoms with Crippen LogP contribution in [0.3, 0.4) is 0 Å². The standard InChI is InChI=1S/C13H15N5O2/c1-3-20-13(19)9-6-4-5-8(2)11(9)18-17-10(7-14)12(15)16/h4-6,18H,3H2,1-2H3,(H3,15,16)/b17-10+. The summed E-state index contributed by atoms with van der Waals surface area (Å²) in [7, 11) is 0. The van der Waals surface area contributed by atoms with Crippen molar-refractivity contribution in [3.8, 4) is 6.07 Å². The van der Waals surface area contributed by atoms with Gasteiger partial charge < -0.3 is 10.5 Å². The molecule has 104 valence electrons. The van der Waals surface area contributed by atoms with Crippen LogP contribution < -0.4 is 11.2 Å². The number of benzene rings is 1. The minimum absolute atomic E-state index is 0.256. The first-order valence-corrected chi connectivity index (χ1v) is 5.86. The summed E-state index contributed by atoms with van der Waals surface area (Å²) in [6.45, 7) is 3.75. The lowest BCUT2D eigenvalue weighted by atomic mass is 10.1. The normalized spacial score (nSPS) is 10.6. The fourth-order valence-corrected chi connectivity index (χ4v) is 1.45. The van der Waals surface area contributed by atoms with Gasteiger partial charge in [0.1, 0.15) is 6.07 Å². The van der Waals surface area contributed by atoms with Crippen molar-refractivity contribution in [3.05, 3.63) is 29.3 Å². The maximum Gasteiger partial charge on any atom is 0.340 e. The topological polar surface area (TPSA) is 124 Å². The Hall–Kier alpha value is -2.88. The van der Waals surface area contributed by atoms with Crippen LogP contribution in [0, 0.1) is 23.7 Å². The molecule has 0 saturated heterocycles.